The second kappa shape index (κ2) is 6.28. The molecule has 1 aromatic heterocycles. The Balaban J connectivity index is 2.01. The van der Waals surface area contributed by atoms with Gasteiger partial charge in [0.2, 0.25) is 0 Å². The number of rotatable bonds is 6. The standard InChI is InChI=1S/C13H17N3O2/c1-10-13(14-6-8-18-9-7-17)16-12-5-3-2-4-11(12)15-10/h2-5,17H,6-9H2,1H3,(H,14,16). The van der Waals surface area contributed by atoms with Gasteiger partial charge in [-0.25, -0.2) is 9.97 Å². The summed E-state index contributed by atoms with van der Waals surface area (Å²) in [6.45, 7) is 3.53. The molecular formula is C13H17N3O2. The summed E-state index contributed by atoms with van der Waals surface area (Å²) in [4.78, 5) is 9.00. The summed E-state index contributed by atoms with van der Waals surface area (Å²) in [7, 11) is 0. The van der Waals surface area contributed by atoms with Crippen LogP contribution in [0.15, 0.2) is 24.3 Å². The molecule has 0 saturated heterocycles. The lowest BCUT2D eigenvalue weighted by Crippen LogP contribution is -2.13. The van der Waals surface area contributed by atoms with Gasteiger partial charge in [-0.15, -0.1) is 0 Å². The Kier molecular flexibility index (Phi) is 4.44. The summed E-state index contributed by atoms with van der Waals surface area (Å²) in [6, 6.07) is 7.78. The normalized spacial score (nSPS) is 10.8. The summed E-state index contributed by atoms with van der Waals surface area (Å²) in [5, 5.41) is 11.8. The number of nitrogens with one attached hydrogen (secondary N) is 1. The van der Waals surface area contributed by atoms with Crippen molar-refractivity contribution < 1.29 is 9.84 Å². The molecular weight excluding hydrogens is 230 g/mol. The molecule has 0 saturated carbocycles. The molecule has 0 radical (unpaired) electrons. The zero-order valence-corrected chi connectivity index (χ0v) is 10.4. The van der Waals surface area contributed by atoms with E-state index in [1.807, 2.05) is 31.2 Å². The first kappa shape index (κ1) is 12.7. The summed E-state index contributed by atoms with van der Waals surface area (Å²) < 4.78 is 5.17. The Morgan fingerprint density at radius 2 is 1.89 bits per heavy atom. The number of aryl methyl sites for hydroxylation is 1. The molecule has 0 amide bonds. The molecule has 0 atom stereocenters. The van der Waals surface area contributed by atoms with E-state index >= 15 is 0 Å². The first-order valence-electron chi connectivity index (χ1n) is 5.97. The number of hydrogen-bond donors (Lipinski definition) is 2. The highest BCUT2D eigenvalue weighted by atomic mass is 16.5. The lowest BCUT2D eigenvalue weighted by Gasteiger charge is -2.09. The van der Waals surface area contributed by atoms with Gasteiger partial charge in [-0.2, -0.15) is 0 Å². The van der Waals surface area contributed by atoms with Gasteiger partial charge in [-0.05, 0) is 19.1 Å². The Morgan fingerprint density at radius 1 is 1.17 bits per heavy atom. The molecule has 0 aliphatic heterocycles. The molecule has 2 aromatic rings. The van der Waals surface area contributed by atoms with Crippen molar-refractivity contribution in [1.29, 1.82) is 0 Å². The maximum Gasteiger partial charge on any atom is 0.148 e. The number of hydrogen-bond acceptors (Lipinski definition) is 5. The third-order valence-corrected chi connectivity index (χ3v) is 2.52. The van der Waals surface area contributed by atoms with Crippen molar-refractivity contribution in [2.45, 2.75) is 6.92 Å². The maximum absolute atomic E-state index is 8.58. The van der Waals surface area contributed by atoms with Crippen LogP contribution in [0.3, 0.4) is 0 Å². The highest BCUT2D eigenvalue weighted by Gasteiger charge is 2.03. The van der Waals surface area contributed by atoms with Crippen LogP contribution in [0.25, 0.3) is 11.0 Å². The van der Waals surface area contributed by atoms with Crippen LogP contribution < -0.4 is 5.32 Å². The second-order valence-electron chi connectivity index (χ2n) is 3.91. The summed E-state index contributed by atoms with van der Waals surface area (Å²) in [5.41, 5.74) is 2.65. The highest BCUT2D eigenvalue weighted by Crippen LogP contribution is 2.15. The SMILES string of the molecule is Cc1nc2ccccc2nc1NCCOCCO. The predicted octanol–water partition coefficient (Wildman–Crippen LogP) is 1.36. The number of aliphatic hydroxyl groups excluding tert-OH is 1. The Labute approximate surface area is 106 Å². The number of para-hydroxylation sites is 2. The molecule has 18 heavy (non-hydrogen) atoms. The minimum Gasteiger partial charge on any atom is -0.394 e. The van der Waals surface area contributed by atoms with Crippen LogP contribution in [0.4, 0.5) is 5.82 Å². The smallest absolute Gasteiger partial charge is 0.148 e. The fraction of sp³-hybridized carbons (Fsp3) is 0.385. The number of aliphatic hydroxyl groups is 1. The monoisotopic (exact) mass is 247 g/mol. The number of aromatic nitrogens is 2. The van der Waals surface area contributed by atoms with Crippen molar-refractivity contribution in [2.75, 3.05) is 31.7 Å². The third-order valence-electron chi connectivity index (χ3n) is 2.52. The van der Waals surface area contributed by atoms with Gasteiger partial charge in [0.05, 0.1) is 36.5 Å². The third kappa shape index (κ3) is 3.15. The molecule has 2 rings (SSSR count). The number of nitrogens with zero attached hydrogens (tertiary/aromatic N) is 2. The van der Waals surface area contributed by atoms with Crippen molar-refractivity contribution in [3.8, 4) is 0 Å². The minimum atomic E-state index is 0.0504. The molecule has 0 fully saturated rings. The van der Waals surface area contributed by atoms with E-state index in [4.69, 9.17) is 9.84 Å². The number of ether oxygens (including phenoxy) is 1. The molecule has 2 N–H and O–H groups in total. The average Bonchev–Trinajstić information content (AvgIpc) is 2.39. The second-order valence-corrected chi connectivity index (χ2v) is 3.91. The van der Waals surface area contributed by atoms with Gasteiger partial charge in [0, 0.05) is 6.54 Å². The van der Waals surface area contributed by atoms with E-state index in [0.717, 1.165) is 22.5 Å². The Hall–Kier alpha value is -1.72. The molecule has 0 aliphatic rings. The van der Waals surface area contributed by atoms with Gasteiger partial charge < -0.3 is 15.2 Å². The molecule has 1 aromatic carbocycles. The van der Waals surface area contributed by atoms with E-state index in [1.54, 1.807) is 0 Å². The van der Waals surface area contributed by atoms with Crippen LogP contribution in [0, 0.1) is 6.92 Å². The Morgan fingerprint density at radius 3 is 2.61 bits per heavy atom. The van der Waals surface area contributed by atoms with Gasteiger partial charge in [0.1, 0.15) is 5.82 Å². The van der Waals surface area contributed by atoms with Gasteiger partial charge >= 0.3 is 0 Å². The zero-order chi connectivity index (χ0) is 12.8. The molecule has 96 valence electrons. The fourth-order valence-corrected chi connectivity index (χ4v) is 1.66. The van der Waals surface area contributed by atoms with E-state index in [-0.39, 0.29) is 6.61 Å². The van der Waals surface area contributed by atoms with Crippen molar-refractivity contribution in [3.05, 3.63) is 30.0 Å². The number of fused-ring (bicyclic) bond motifs is 1. The van der Waals surface area contributed by atoms with Crippen LogP contribution in [-0.4, -0.2) is 41.4 Å². The molecule has 0 aliphatic carbocycles. The summed E-state index contributed by atoms with van der Waals surface area (Å²) in [6.07, 6.45) is 0. The first-order valence-corrected chi connectivity index (χ1v) is 5.97. The maximum atomic E-state index is 8.58. The predicted molar refractivity (Wildman–Crippen MR) is 70.7 cm³/mol. The molecule has 0 bridgehead atoms. The molecule has 1 heterocycles. The average molecular weight is 247 g/mol. The van der Waals surface area contributed by atoms with Crippen molar-refractivity contribution in [1.82, 2.24) is 9.97 Å². The highest BCUT2D eigenvalue weighted by molar-refractivity contribution is 5.76. The van der Waals surface area contributed by atoms with Crippen LogP contribution in [0.2, 0.25) is 0 Å². The van der Waals surface area contributed by atoms with E-state index in [1.165, 1.54) is 0 Å². The van der Waals surface area contributed by atoms with Crippen molar-refractivity contribution >= 4 is 16.9 Å². The Bertz CT molecular complexity index is 517. The van der Waals surface area contributed by atoms with Crippen molar-refractivity contribution in [2.24, 2.45) is 0 Å². The molecule has 5 heteroatoms. The largest absolute Gasteiger partial charge is 0.394 e. The van der Waals surface area contributed by atoms with Gasteiger partial charge in [-0.3, -0.25) is 0 Å². The number of benzene rings is 1. The van der Waals surface area contributed by atoms with Gasteiger partial charge in [0.15, 0.2) is 0 Å². The number of anilines is 1. The van der Waals surface area contributed by atoms with Crippen LogP contribution in [0.5, 0.6) is 0 Å². The van der Waals surface area contributed by atoms with Crippen LogP contribution in [0.1, 0.15) is 5.69 Å². The summed E-state index contributed by atoms with van der Waals surface area (Å²) in [5.74, 6) is 0.779. The van der Waals surface area contributed by atoms with E-state index < -0.39 is 0 Å². The van der Waals surface area contributed by atoms with Crippen molar-refractivity contribution in [3.63, 3.8) is 0 Å². The minimum absolute atomic E-state index is 0.0504. The van der Waals surface area contributed by atoms with Gasteiger partial charge in [0.25, 0.3) is 0 Å². The quantitative estimate of drug-likeness (QED) is 0.754. The fourth-order valence-electron chi connectivity index (χ4n) is 1.66. The van der Waals surface area contributed by atoms with E-state index in [0.29, 0.717) is 19.8 Å². The first-order chi connectivity index (χ1) is 8.81. The summed E-state index contributed by atoms with van der Waals surface area (Å²) >= 11 is 0. The van der Waals surface area contributed by atoms with E-state index in [2.05, 4.69) is 15.3 Å². The topological polar surface area (TPSA) is 67.3 Å². The van der Waals surface area contributed by atoms with Crippen LogP contribution >= 0.6 is 0 Å². The lowest BCUT2D eigenvalue weighted by molar-refractivity contribution is 0.0992. The molecule has 0 unspecified atom stereocenters. The molecule has 5 nitrogen and oxygen atoms in total. The van der Waals surface area contributed by atoms with Gasteiger partial charge in [-0.1, -0.05) is 12.1 Å². The van der Waals surface area contributed by atoms with E-state index in [9.17, 15) is 0 Å². The van der Waals surface area contributed by atoms with Crippen LogP contribution in [-0.2, 0) is 4.74 Å². The molecule has 0 spiro atoms. The lowest BCUT2D eigenvalue weighted by atomic mass is 10.3. The zero-order valence-electron chi connectivity index (χ0n) is 10.4.